The predicted octanol–water partition coefficient (Wildman–Crippen LogP) is 9.45. The van der Waals surface area contributed by atoms with Crippen molar-refractivity contribution in [2.24, 2.45) is 17.2 Å². The number of rotatable bonds is 17. The normalized spacial score (nSPS) is 12.3. The highest BCUT2D eigenvalue weighted by atomic mass is 32.1. The number of carbonyl (C=O) groups is 3. The smallest absolute Gasteiger partial charge is 0.145 e. The maximum absolute atomic E-state index is 12.9. The van der Waals surface area contributed by atoms with Crippen LogP contribution in [0.4, 0.5) is 0 Å². The number of nitrogens with two attached hydrogens (primary N) is 3. The summed E-state index contributed by atoms with van der Waals surface area (Å²) in [5, 5.41) is 33.1. The third kappa shape index (κ3) is 13.1. The quantitative estimate of drug-likeness (QED) is 0.0780. The Morgan fingerprint density at radius 3 is 1.35 bits per heavy atom. The second-order valence-electron chi connectivity index (χ2n) is 17.3. The fourth-order valence-corrected chi connectivity index (χ4v) is 9.53. The predicted molar refractivity (Wildman–Crippen MR) is 284 cm³/mol. The van der Waals surface area contributed by atoms with Crippen molar-refractivity contribution in [1.29, 1.82) is 0 Å². The van der Waals surface area contributed by atoms with E-state index in [9.17, 15) is 14.4 Å². The van der Waals surface area contributed by atoms with Gasteiger partial charge < -0.3 is 17.2 Å². The van der Waals surface area contributed by atoms with Gasteiger partial charge in [-0.05, 0) is 142 Å². The molecule has 71 heavy (non-hydrogen) atoms. The Morgan fingerprint density at radius 1 is 0.423 bits per heavy atom. The van der Waals surface area contributed by atoms with Crippen LogP contribution >= 0.6 is 11.3 Å². The summed E-state index contributed by atoms with van der Waals surface area (Å²) in [6, 6.07) is 49.4. The Morgan fingerprint density at radius 2 is 0.887 bits per heavy atom. The van der Waals surface area contributed by atoms with E-state index in [1.165, 1.54) is 0 Å². The highest BCUT2D eigenvalue weighted by Crippen LogP contribution is 2.27. The lowest BCUT2D eigenvalue weighted by Gasteiger charge is -2.15. The van der Waals surface area contributed by atoms with Gasteiger partial charge in [0.25, 0.3) is 0 Å². The first kappa shape index (κ1) is 49.6. The molecular weight excluding hydrogens is 903 g/mol. The summed E-state index contributed by atoms with van der Waals surface area (Å²) in [7, 11) is 0. The summed E-state index contributed by atoms with van der Waals surface area (Å²) in [4.78, 5) is 38.3. The van der Waals surface area contributed by atoms with Crippen molar-refractivity contribution in [2.45, 2.75) is 49.9 Å². The minimum Gasteiger partial charge on any atom is -0.330 e. The van der Waals surface area contributed by atoms with Gasteiger partial charge in [-0.3, -0.25) is 14.4 Å². The fourth-order valence-electron chi connectivity index (χ4n) is 8.81. The van der Waals surface area contributed by atoms with E-state index < -0.39 is 0 Å². The molecule has 356 valence electrons. The molecule has 6 N–H and O–H groups in total. The molecule has 0 aliphatic heterocycles. The lowest BCUT2D eigenvalue weighted by molar-refractivity contribution is -0.120. The van der Waals surface area contributed by atoms with Crippen molar-refractivity contribution in [3.63, 3.8) is 0 Å². The third-order valence-electron chi connectivity index (χ3n) is 12.5. The van der Waals surface area contributed by atoms with Gasteiger partial charge in [0.05, 0.1) is 41.1 Å². The summed E-state index contributed by atoms with van der Waals surface area (Å²) in [6.45, 7) is 1.31. The van der Waals surface area contributed by atoms with Crippen molar-refractivity contribution in [3.05, 3.63) is 214 Å². The number of carbonyl (C=O) groups excluding carboxylic acids is 3. The molecule has 0 aliphatic carbocycles. The van der Waals surface area contributed by atoms with E-state index in [0.29, 0.717) is 51.7 Å². The lowest BCUT2D eigenvalue weighted by Crippen LogP contribution is -2.23. The van der Waals surface area contributed by atoms with E-state index in [0.717, 1.165) is 76.9 Å². The molecule has 4 heterocycles. The Balaban J connectivity index is 0.000000143. The Hall–Kier alpha value is -7.81. The standard InChI is InChI=1S/C22H19N3O.C19H19N3O.C17H17N3OS/c23-14-20(18-7-6-16-3-1-2-4-17(16)13-18)22(26)12-15-5-8-21-19(11-15)9-10-24-25-21;20-10-8-17(15-4-2-1-3-5-15)19(23)13-14-6-7-18-16(12-14)9-11-21-22-18;18-6-3-15(14-5-8-22-11-14)17(21)10-12-1-2-16-13(9-12)4-7-19-20-16/h1-11,13,20H,12,14,23H2;1-7,9,11-12,17H,8,10,13,20H2;1-2,4-5,7-9,11,15H,3,6,10,18H2. The van der Waals surface area contributed by atoms with Crippen molar-refractivity contribution < 1.29 is 14.4 Å². The van der Waals surface area contributed by atoms with Crippen LogP contribution in [0.1, 0.15) is 64.0 Å². The molecule has 10 rings (SSSR count). The number of benzene rings is 6. The number of aromatic nitrogens is 6. The average Bonchev–Trinajstić information content (AvgIpc) is 3.95. The van der Waals surface area contributed by atoms with Crippen LogP contribution in [0.15, 0.2) is 181 Å². The molecule has 0 fully saturated rings. The van der Waals surface area contributed by atoms with Crippen LogP contribution in [0.2, 0.25) is 0 Å². The van der Waals surface area contributed by atoms with Gasteiger partial charge in [-0.2, -0.15) is 41.9 Å². The first-order chi connectivity index (χ1) is 34.8. The molecule has 0 saturated carbocycles. The third-order valence-corrected chi connectivity index (χ3v) is 13.2. The second kappa shape index (κ2) is 24.7. The number of ketones is 3. The summed E-state index contributed by atoms with van der Waals surface area (Å²) in [6.07, 6.45) is 7.51. The Labute approximate surface area is 416 Å². The zero-order chi connectivity index (χ0) is 49.4. The van der Waals surface area contributed by atoms with E-state index in [4.69, 9.17) is 17.2 Å². The van der Waals surface area contributed by atoms with E-state index in [1.54, 1.807) is 29.9 Å². The van der Waals surface area contributed by atoms with Crippen molar-refractivity contribution >= 4 is 72.2 Å². The number of fused-ring (bicyclic) bond motifs is 4. The molecule has 3 atom stereocenters. The Bertz CT molecular complexity index is 3370. The minimum atomic E-state index is -0.300. The summed E-state index contributed by atoms with van der Waals surface area (Å²) in [5.74, 6) is -0.0155. The summed E-state index contributed by atoms with van der Waals surface area (Å²) < 4.78 is 0. The average molecular weight is 958 g/mol. The van der Waals surface area contributed by atoms with Crippen LogP contribution in [-0.4, -0.2) is 67.6 Å². The van der Waals surface area contributed by atoms with Gasteiger partial charge in [0.15, 0.2) is 0 Å². The zero-order valence-corrected chi connectivity index (χ0v) is 40.1. The van der Waals surface area contributed by atoms with Gasteiger partial charge in [-0.15, -0.1) is 0 Å². The van der Waals surface area contributed by atoms with E-state index in [2.05, 4.69) is 54.9 Å². The molecule has 0 amide bonds. The summed E-state index contributed by atoms with van der Waals surface area (Å²) >= 11 is 1.61. The summed E-state index contributed by atoms with van der Waals surface area (Å²) in [5.41, 5.74) is 25.9. The van der Waals surface area contributed by atoms with Gasteiger partial charge in [0, 0.05) is 53.8 Å². The molecule has 13 heteroatoms. The SMILES string of the molecule is NCC(C(=O)Cc1ccc2nnccc2c1)c1ccc2ccccc2c1.NCCC(C(=O)Cc1ccc2nnccc2c1)c1ccccc1.NCCC(C(=O)Cc1ccc2nnccc2c1)c1ccsc1. The molecule has 12 nitrogen and oxygen atoms in total. The number of hydrogen-bond acceptors (Lipinski definition) is 13. The fraction of sp³-hybridized carbons (Fsp3) is 0.190. The van der Waals surface area contributed by atoms with E-state index in [1.807, 2.05) is 138 Å². The number of nitrogens with zero attached hydrogens (tertiary/aromatic N) is 6. The van der Waals surface area contributed by atoms with Crippen LogP contribution in [-0.2, 0) is 33.6 Å². The molecule has 0 aliphatic rings. The zero-order valence-electron chi connectivity index (χ0n) is 39.3. The monoisotopic (exact) mass is 957 g/mol. The van der Waals surface area contributed by atoms with Gasteiger partial charge in [-0.25, -0.2) is 0 Å². The molecule has 3 unspecified atom stereocenters. The number of hydrogen-bond donors (Lipinski definition) is 3. The van der Waals surface area contributed by atoms with Crippen LogP contribution < -0.4 is 17.2 Å². The number of Topliss-reactive ketones (excluding diaryl/α,β-unsaturated/α-hetero) is 3. The molecule has 0 spiro atoms. The number of thiophene rings is 1. The van der Waals surface area contributed by atoms with Gasteiger partial charge in [-0.1, -0.05) is 91.0 Å². The maximum atomic E-state index is 12.9. The van der Waals surface area contributed by atoms with Crippen molar-refractivity contribution in [2.75, 3.05) is 19.6 Å². The van der Waals surface area contributed by atoms with Crippen LogP contribution in [0.5, 0.6) is 0 Å². The molecule has 0 radical (unpaired) electrons. The van der Waals surface area contributed by atoms with Gasteiger partial charge in [0.2, 0.25) is 0 Å². The highest BCUT2D eigenvalue weighted by Gasteiger charge is 2.23. The molecular formula is C58H55N9O3S. The van der Waals surface area contributed by atoms with Crippen LogP contribution in [0.25, 0.3) is 43.5 Å². The second-order valence-corrected chi connectivity index (χ2v) is 18.1. The Kier molecular flexibility index (Phi) is 17.2. The highest BCUT2D eigenvalue weighted by molar-refractivity contribution is 7.08. The van der Waals surface area contributed by atoms with E-state index in [-0.39, 0.29) is 35.1 Å². The van der Waals surface area contributed by atoms with Crippen molar-refractivity contribution in [3.8, 4) is 0 Å². The topological polar surface area (TPSA) is 207 Å². The molecule has 10 aromatic rings. The minimum absolute atomic E-state index is 0.109. The molecule has 0 saturated heterocycles. The van der Waals surface area contributed by atoms with E-state index >= 15 is 0 Å². The molecule has 6 aromatic carbocycles. The first-order valence-corrected chi connectivity index (χ1v) is 24.6. The van der Waals surface area contributed by atoms with Gasteiger partial charge >= 0.3 is 0 Å². The van der Waals surface area contributed by atoms with Crippen LogP contribution in [0.3, 0.4) is 0 Å². The van der Waals surface area contributed by atoms with Gasteiger partial charge in [0.1, 0.15) is 17.3 Å². The van der Waals surface area contributed by atoms with Crippen LogP contribution in [0, 0.1) is 0 Å². The largest absolute Gasteiger partial charge is 0.330 e. The first-order valence-electron chi connectivity index (χ1n) is 23.6. The molecule has 0 bridgehead atoms. The lowest BCUT2D eigenvalue weighted by atomic mass is 9.88. The molecule has 4 aromatic heterocycles. The maximum Gasteiger partial charge on any atom is 0.145 e. The van der Waals surface area contributed by atoms with Crippen molar-refractivity contribution in [1.82, 2.24) is 30.6 Å².